The molecule has 0 spiro atoms. The van der Waals surface area contributed by atoms with Crippen LogP contribution in [0.2, 0.25) is 0 Å². The second-order valence-corrected chi connectivity index (χ2v) is 5.87. The highest BCUT2D eigenvalue weighted by atomic mass is 32.2. The fourth-order valence-corrected chi connectivity index (χ4v) is 2.10. The molecule has 1 unspecified atom stereocenters. The predicted molar refractivity (Wildman–Crippen MR) is 59.3 cm³/mol. The van der Waals surface area contributed by atoms with Crippen LogP contribution in [0.3, 0.4) is 0 Å². The first-order chi connectivity index (χ1) is 7.65. The van der Waals surface area contributed by atoms with Crippen LogP contribution in [0.5, 0.6) is 0 Å². The van der Waals surface area contributed by atoms with Crippen LogP contribution < -0.4 is 10.6 Å². The zero-order valence-corrected chi connectivity index (χ0v) is 10.3. The van der Waals surface area contributed by atoms with E-state index in [9.17, 15) is 18.0 Å². The zero-order chi connectivity index (χ0) is 13.6. The molecule has 17 heavy (non-hydrogen) atoms. The van der Waals surface area contributed by atoms with Crippen molar-refractivity contribution in [2.24, 2.45) is 0 Å². The maximum atomic E-state index is 11.2. The number of carboxylic acids is 1. The van der Waals surface area contributed by atoms with Crippen LogP contribution in [0.25, 0.3) is 0 Å². The van der Waals surface area contributed by atoms with Crippen LogP contribution in [0.4, 0.5) is 4.79 Å². The molecule has 0 rings (SSSR count). The monoisotopic (exact) mass is 268 g/mol. The summed E-state index contributed by atoms with van der Waals surface area (Å²) in [6.45, 7) is 0.721. The highest BCUT2D eigenvalue weighted by Gasteiger charge is 2.20. The number of sulfone groups is 1. The van der Waals surface area contributed by atoms with Crippen LogP contribution in [0, 0.1) is 0 Å². The molecule has 0 heterocycles. The number of aliphatic hydroxyl groups is 1. The molecule has 0 fully saturated rings. The minimum absolute atomic E-state index is 0.253. The van der Waals surface area contributed by atoms with Crippen molar-refractivity contribution in [1.29, 1.82) is 0 Å². The fraction of sp³-hybridized carbons (Fsp3) is 0.750. The van der Waals surface area contributed by atoms with Crippen molar-refractivity contribution < 1.29 is 28.2 Å². The van der Waals surface area contributed by atoms with Crippen molar-refractivity contribution in [3.05, 3.63) is 0 Å². The van der Waals surface area contributed by atoms with E-state index >= 15 is 0 Å². The Morgan fingerprint density at radius 2 is 1.82 bits per heavy atom. The zero-order valence-electron chi connectivity index (χ0n) is 9.50. The van der Waals surface area contributed by atoms with Gasteiger partial charge in [-0.25, -0.2) is 18.0 Å². The van der Waals surface area contributed by atoms with Crippen LogP contribution in [0.15, 0.2) is 0 Å². The van der Waals surface area contributed by atoms with E-state index in [4.69, 9.17) is 10.2 Å². The number of aliphatic hydroxyl groups excluding tert-OH is 1. The summed E-state index contributed by atoms with van der Waals surface area (Å²) in [5, 5.41) is 21.4. The summed E-state index contributed by atoms with van der Waals surface area (Å²) >= 11 is 0. The first kappa shape index (κ1) is 15.7. The molecule has 2 atom stereocenters. The lowest BCUT2D eigenvalue weighted by Crippen LogP contribution is -2.51. The Bertz CT molecular complexity index is 379. The van der Waals surface area contributed by atoms with E-state index in [0.29, 0.717) is 0 Å². The normalized spacial score (nSPS) is 14.8. The lowest BCUT2D eigenvalue weighted by Gasteiger charge is -2.16. The van der Waals surface area contributed by atoms with Crippen LogP contribution in [0.1, 0.15) is 6.92 Å². The van der Waals surface area contributed by atoms with Gasteiger partial charge in [0.05, 0.1) is 12.4 Å². The quantitative estimate of drug-likeness (QED) is 0.447. The highest BCUT2D eigenvalue weighted by molar-refractivity contribution is 7.90. The van der Waals surface area contributed by atoms with Gasteiger partial charge in [0, 0.05) is 12.3 Å². The lowest BCUT2D eigenvalue weighted by molar-refractivity contribution is -0.140. The van der Waals surface area contributed by atoms with Crippen molar-refractivity contribution in [1.82, 2.24) is 10.6 Å². The number of carbonyl (C=O) groups excluding carboxylic acids is 1. The smallest absolute Gasteiger partial charge is 0.328 e. The second-order valence-electron chi connectivity index (χ2n) is 3.68. The van der Waals surface area contributed by atoms with E-state index in [2.05, 4.69) is 5.32 Å². The number of carbonyl (C=O) groups is 2. The average molecular weight is 268 g/mol. The van der Waals surface area contributed by atoms with Crippen molar-refractivity contribution in [2.45, 2.75) is 19.0 Å². The summed E-state index contributed by atoms with van der Waals surface area (Å²) in [5.41, 5.74) is 0. The Kier molecular flexibility index (Phi) is 5.89. The Hall–Kier alpha value is -1.35. The summed E-state index contributed by atoms with van der Waals surface area (Å²) in [6.07, 6.45) is 1.02. The number of hydrogen-bond acceptors (Lipinski definition) is 5. The molecule has 0 aromatic rings. The molecule has 0 radical (unpaired) electrons. The molecule has 0 saturated heterocycles. The van der Waals surface area contributed by atoms with Crippen molar-refractivity contribution in [3.8, 4) is 0 Å². The standard InChI is InChI=1S/C8H16N2O6S/c1-5(4-17(2,15)16)9-8(14)10-6(3-11)7(12)13/h5-6,11H,3-4H2,1-2H3,(H,12,13)(H2,9,10,14)/t5?,6-/m0/s1. The van der Waals surface area contributed by atoms with Gasteiger partial charge in [0.2, 0.25) is 0 Å². The lowest BCUT2D eigenvalue weighted by atomic mass is 10.3. The number of hydrogen-bond donors (Lipinski definition) is 4. The molecule has 0 aliphatic heterocycles. The van der Waals surface area contributed by atoms with Gasteiger partial charge in [-0.1, -0.05) is 0 Å². The van der Waals surface area contributed by atoms with Crippen LogP contribution >= 0.6 is 0 Å². The predicted octanol–water partition coefficient (Wildman–Crippen LogP) is -1.84. The van der Waals surface area contributed by atoms with E-state index in [0.717, 1.165) is 6.26 Å². The number of carboxylic acid groups (broad SMARTS) is 1. The van der Waals surface area contributed by atoms with Gasteiger partial charge in [-0.15, -0.1) is 0 Å². The minimum Gasteiger partial charge on any atom is -0.480 e. The highest BCUT2D eigenvalue weighted by Crippen LogP contribution is 1.90. The van der Waals surface area contributed by atoms with Crippen molar-refractivity contribution in [3.63, 3.8) is 0 Å². The van der Waals surface area contributed by atoms with Gasteiger partial charge in [-0.05, 0) is 6.92 Å². The summed E-state index contributed by atoms with van der Waals surface area (Å²) in [5.74, 6) is -1.63. The number of aliphatic carboxylic acids is 1. The molecule has 0 aromatic heterocycles. The molecule has 0 bridgehead atoms. The molecule has 4 N–H and O–H groups in total. The molecule has 8 nitrogen and oxygen atoms in total. The molecule has 0 aromatic carbocycles. The molecular weight excluding hydrogens is 252 g/mol. The van der Waals surface area contributed by atoms with Gasteiger partial charge in [-0.3, -0.25) is 0 Å². The number of urea groups is 1. The summed E-state index contributed by atoms with van der Waals surface area (Å²) in [6, 6.07) is -2.92. The first-order valence-electron chi connectivity index (χ1n) is 4.74. The van der Waals surface area contributed by atoms with Crippen molar-refractivity contribution >= 4 is 21.8 Å². The fourth-order valence-electron chi connectivity index (χ4n) is 1.10. The SMILES string of the molecule is CC(CS(C)(=O)=O)NC(=O)N[C@@H](CO)C(=O)O. The maximum Gasteiger partial charge on any atom is 0.328 e. The van der Waals surface area contributed by atoms with E-state index in [-0.39, 0.29) is 5.75 Å². The van der Waals surface area contributed by atoms with Gasteiger partial charge in [0.25, 0.3) is 0 Å². The van der Waals surface area contributed by atoms with Gasteiger partial charge >= 0.3 is 12.0 Å². The van der Waals surface area contributed by atoms with E-state index in [1.165, 1.54) is 6.92 Å². The molecule has 100 valence electrons. The third kappa shape index (κ3) is 7.53. The van der Waals surface area contributed by atoms with E-state index in [1.807, 2.05) is 5.32 Å². The van der Waals surface area contributed by atoms with Crippen LogP contribution in [-0.4, -0.2) is 61.3 Å². The summed E-state index contributed by atoms with van der Waals surface area (Å²) in [4.78, 5) is 21.7. The average Bonchev–Trinajstić information content (AvgIpc) is 2.09. The molecular formula is C8H16N2O6S. The Morgan fingerprint density at radius 3 is 2.18 bits per heavy atom. The first-order valence-corrected chi connectivity index (χ1v) is 6.80. The van der Waals surface area contributed by atoms with Gasteiger partial charge < -0.3 is 20.8 Å². The minimum atomic E-state index is -3.23. The van der Waals surface area contributed by atoms with Gasteiger partial charge in [0.1, 0.15) is 9.84 Å². The number of nitrogens with one attached hydrogen (secondary N) is 2. The van der Waals surface area contributed by atoms with E-state index < -0.39 is 40.5 Å². The molecule has 9 heteroatoms. The maximum absolute atomic E-state index is 11.2. The molecule has 2 amide bonds. The largest absolute Gasteiger partial charge is 0.480 e. The molecule has 0 aliphatic rings. The van der Waals surface area contributed by atoms with Gasteiger partial charge in [0.15, 0.2) is 6.04 Å². The number of amides is 2. The summed E-state index contributed by atoms with van der Waals surface area (Å²) in [7, 11) is -3.23. The van der Waals surface area contributed by atoms with Crippen LogP contribution in [-0.2, 0) is 14.6 Å². The second kappa shape index (κ2) is 6.40. The van der Waals surface area contributed by atoms with Crippen molar-refractivity contribution in [2.75, 3.05) is 18.6 Å². The topological polar surface area (TPSA) is 133 Å². The summed E-state index contributed by atoms with van der Waals surface area (Å²) < 4.78 is 21.8. The molecule has 0 aliphatic carbocycles. The number of rotatable bonds is 6. The van der Waals surface area contributed by atoms with Gasteiger partial charge in [-0.2, -0.15) is 0 Å². The third-order valence-corrected chi connectivity index (χ3v) is 2.82. The Balaban J connectivity index is 4.22. The van der Waals surface area contributed by atoms with E-state index in [1.54, 1.807) is 0 Å². The third-order valence-electron chi connectivity index (χ3n) is 1.72. The Morgan fingerprint density at radius 1 is 1.29 bits per heavy atom. The Labute approximate surface area is 98.9 Å². The molecule has 0 saturated carbocycles.